The summed E-state index contributed by atoms with van der Waals surface area (Å²) in [5.41, 5.74) is 0.481. The minimum atomic E-state index is -2.89. The average Bonchev–Trinajstić information content (AvgIpc) is 2.69. The topological polar surface area (TPSA) is 9.23 Å². The first-order chi connectivity index (χ1) is 8.99. The van der Waals surface area contributed by atoms with Crippen molar-refractivity contribution in [3.8, 4) is 5.75 Å². The van der Waals surface area contributed by atoms with Crippen molar-refractivity contribution in [1.82, 2.24) is 0 Å². The van der Waals surface area contributed by atoms with Gasteiger partial charge in [0.15, 0.2) is 0 Å². The molecule has 1 aromatic carbocycles. The number of hydrogen-bond donors (Lipinski definition) is 0. The normalized spacial score (nSPS) is 12.7. The third kappa shape index (κ3) is 3.60. The lowest BCUT2D eigenvalue weighted by molar-refractivity contribution is -0.0504. The van der Waals surface area contributed by atoms with Gasteiger partial charge in [0.25, 0.3) is 0 Å². The molecule has 0 fully saturated rings. The largest absolute Gasteiger partial charge is 0.434 e. The van der Waals surface area contributed by atoms with Crippen molar-refractivity contribution in [2.24, 2.45) is 0 Å². The molecule has 102 valence electrons. The maximum atomic E-state index is 12.3. The average molecular weight is 388 g/mol. The Bertz CT molecular complexity index is 557. The zero-order chi connectivity index (χ0) is 14.0. The molecule has 19 heavy (non-hydrogen) atoms. The molecule has 0 amide bonds. The summed E-state index contributed by atoms with van der Waals surface area (Å²) in [5.74, 6) is 0.0677. The Kier molecular flexibility index (Phi) is 5.06. The van der Waals surface area contributed by atoms with E-state index in [2.05, 4.69) is 20.7 Å². The molecule has 7 heteroatoms. The van der Waals surface area contributed by atoms with Crippen LogP contribution in [0.3, 0.4) is 0 Å². The molecule has 2 rings (SSSR count). The SMILES string of the molecule is FC(F)Oc1ccccc1C(Cl)c1cc(Br)c(Cl)s1. The van der Waals surface area contributed by atoms with Gasteiger partial charge in [-0.3, -0.25) is 0 Å². The summed E-state index contributed by atoms with van der Waals surface area (Å²) >= 11 is 16.8. The van der Waals surface area contributed by atoms with Gasteiger partial charge < -0.3 is 4.74 Å². The number of ether oxygens (including phenoxy) is 1. The number of benzene rings is 1. The monoisotopic (exact) mass is 386 g/mol. The Morgan fingerprint density at radius 1 is 1.26 bits per heavy atom. The smallest absolute Gasteiger partial charge is 0.387 e. The summed E-state index contributed by atoms with van der Waals surface area (Å²) in [6, 6.07) is 8.21. The van der Waals surface area contributed by atoms with E-state index >= 15 is 0 Å². The van der Waals surface area contributed by atoms with Crippen LogP contribution in [-0.2, 0) is 0 Å². The molecule has 1 heterocycles. The lowest BCUT2D eigenvalue weighted by atomic mass is 10.1. The number of alkyl halides is 3. The Hall–Kier alpha value is -0.360. The second kappa shape index (κ2) is 6.39. The number of rotatable bonds is 4. The fourth-order valence-corrected chi connectivity index (χ4v) is 3.64. The summed E-state index contributed by atoms with van der Waals surface area (Å²) < 4.78 is 30.4. The molecule has 2 aromatic rings. The number of halogens is 5. The summed E-state index contributed by atoms with van der Waals surface area (Å²) in [6.45, 7) is -2.89. The second-order valence-corrected chi connectivity index (χ2v) is 6.53. The van der Waals surface area contributed by atoms with Crippen LogP contribution in [0.5, 0.6) is 5.75 Å². The van der Waals surface area contributed by atoms with E-state index in [1.165, 1.54) is 17.4 Å². The molecule has 1 nitrogen and oxygen atoms in total. The van der Waals surface area contributed by atoms with E-state index in [1.54, 1.807) is 24.3 Å². The van der Waals surface area contributed by atoms with Crippen LogP contribution in [0.25, 0.3) is 0 Å². The van der Waals surface area contributed by atoms with Gasteiger partial charge >= 0.3 is 6.61 Å². The zero-order valence-electron chi connectivity index (χ0n) is 9.25. The summed E-state index contributed by atoms with van der Waals surface area (Å²) in [6.07, 6.45) is 0. The van der Waals surface area contributed by atoms with Crippen LogP contribution in [0.4, 0.5) is 8.78 Å². The van der Waals surface area contributed by atoms with Gasteiger partial charge in [-0.1, -0.05) is 29.8 Å². The van der Waals surface area contributed by atoms with Crippen LogP contribution in [0, 0.1) is 0 Å². The highest BCUT2D eigenvalue weighted by molar-refractivity contribution is 9.10. The Morgan fingerprint density at radius 3 is 2.53 bits per heavy atom. The van der Waals surface area contributed by atoms with Crippen molar-refractivity contribution >= 4 is 50.5 Å². The molecule has 0 radical (unpaired) electrons. The van der Waals surface area contributed by atoms with Crippen molar-refractivity contribution in [2.45, 2.75) is 12.0 Å². The first-order valence-corrected chi connectivity index (χ1v) is 7.54. The summed E-state index contributed by atoms with van der Waals surface area (Å²) in [7, 11) is 0. The molecule has 0 saturated heterocycles. The Morgan fingerprint density at radius 2 is 1.95 bits per heavy atom. The molecule has 0 saturated carbocycles. The van der Waals surface area contributed by atoms with Crippen LogP contribution < -0.4 is 4.74 Å². The first kappa shape index (κ1) is 15.0. The van der Waals surface area contributed by atoms with Crippen molar-refractivity contribution in [1.29, 1.82) is 0 Å². The highest BCUT2D eigenvalue weighted by Gasteiger charge is 2.20. The van der Waals surface area contributed by atoms with Gasteiger partial charge in [-0.15, -0.1) is 22.9 Å². The molecule has 0 spiro atoms. The predicted molar refractivity (Wildman–Crippen MR) is 77.8 cm³/mol. The zero-order valence-corrected chi connectivity index (χ0v) is 13.2. The van der Waals surface area contributed by atoms with Gasteiger partial charge in [0.2, 0.25) is 0 Å². The Balaban J connectivity index is 2.35. The first-order valence-electron chi connectivity index (χ1n) is 5.11. The maximum absolute atomic E-state index is 12.3. The molecule has 0 aliphatic heterocycles. The fraction of sp³-hybridized carbons (Fsp3) is 0.167. The molecule has 0 N–H and O–H groups in total. The molecular formula is C12H7BrCl2F2OS. The fourth-order valence-electron chi connectivity index (χ4n) is 1.53. The maximum Gasteiger partial charge on any atom is 0.387 e. The highest BCUT2D eigenvalue weighted by atomic mass is 79.9. The van der Waals surface area contributed by atoms with Crippen molar-refractivity contribution in [3.05, 3.63) is 49.6 Å². The number of para-hydroxylation sites is 1. The lowest BCUT2D eigenvalue weighted by Gasteiger charge is -2.13. The van der Waals surface area contributed by atoms with Gasteiger partial charge in [-0.25, -0.2) is 0 Å². The number of thiophene rings is 1. The predicted octanol–water partition coefficient (Wildman–Crippen LogP) is 6.09. The van der Waals surface area contributed by atoms with Gasteiger partial charge in [-0.05, 0) is 28.1 Å². The van der Waals surface area contributed by atoms with E-state index in [-0.39, 0.29) is 5.75 Å². The van der Waals surface area contributed by atoms with Crippen LogP contribution in [0.15, 0.2) is 34.8 Å². The second-order valence-electron chi connectivity index (χ2n) is 3.55. The molecule has 0 aliphatic rings. The van der Waals surface area contributed by atoms with Gasteiger partial charge in [0, 0.05) is 14.9 Å². The minimum absolute atomic E-state index is 0.0677. The van der Waals surface area contributed by atoms with E-state index in [1.807, 2.05) is 0 Å². The van der Waals surface area contributed by atoms with Crippen molar-refractivity contribution < 1.29 is 13.5 Å². The minimum Gasteiger partial charge on any atom is -0.434 e. The highest BCUT2D eigenvalue weighted by Crippen LogP contribution is 2.42. The van der Waals surface area contributed by atoms with Gasteiger partial charge in [0.05, 0.1) is 5.38 Å². The molecule has 1 aromatic heterocycles. The molecule has 1 atom stereocenters. The third-order valence-corrected chi connectivity index (χ3v) is 5.46. The number of hydrogen-bond acceptors (Lipinski definition) is 2. The van der Waals surface area contributed by atoms with Crippen LogP contribution in [0.1, 0.15) is 15.8 Å². The standard InChI is InChI=1S/C12H7BrCl2F2OS/c13-7-5-9(19-11(7)15)10(14)6-3-1-2-4-8(6)18-12(16)17/h1-5,10,12H. The molecule has 1 unspecified atom stereocenters. The van der Waals surface area contributed by atoms with E-state index in [4.69, 9.17) is 23.2 Å². The summed E-state index contributed by atoms with van der Waals surface area (Å²) in [4.78, 5) is 0.754. The van der Waals surface area contributed by atoms with Crippen LogP contribution in [0.2, 0.25) is 4.34 Å². The van der Waals surface area contributed by atoms with Crippen molar-refractivity contribution in [2.75, 3.05) is 0 Å². The van der Waals surface area contributed by atoms with Crippen LogP contribution >= 0.6 is 50.5 Å². The lowest BCUT2D eigenvalue weighted by Crippen LogP contribution is -2.05. The Labute approximate surface area is 131 Å². The van der Waals surface area contributed by atoms with Gasteiger partial charge in [-0.2, -0.15) is 8.78 Å². The van der Waals surface area contributed by atoms with Gasteiger partial charge in [0.1, 0.15) is 10.1 Å². The van der Waals surface area contributed by atoms with E-state index in [0.29, 0.717) is 9.90 Å². The van der Waals surface area contributed by atoms with E-state index in [9.17, 15) is 8.78 Å². The molecule has 0 bridgehead atoms. The summed E-state index contributed by atoms with van der Waals surface area (Å²) in [5, 5.41) is -0.594. The molecule has 0 aliphatic carbocycles. The van der Waals surface area contributed by atoms with Crippen LogP contribution in [-0.4, -0.2) is 6.61 Å². The molecular weight excluding hydrogens is 381 g/mol. The van der Waals surface area contributed by atoms with E-state index < -0.39 is 12.0 Å². The third-order valence-electron chi connectivity index (χ3n) is 2.32. The van der Waals surface area contributed by atoms with Crippen molar-refractivity contribution in [3.63, 3.8) is 0 Å². The quantitative estimate of drug-likeness (QED) is 0.576. The van der Waals surface area contributed by atoms with E-state index in [0.717, 1.165) is 9.35 Å².